The third-order valence-electron chi connectivity index (χ3n) is 7.43. The fourth-order valence-electron chi connectivity index (χ4n) is 5.79. The van der Waals surface area contributed by atoms with Gasteiger partial charge in [-0.1, -0.05) is 0 Å². The number of fused-ring (bicyclic) bond motifs is 2. The molecule has 3 nitrogen and oxygen atoms in total. The number of nitrogens with zero attached hydrogens (tertiary/aromatic N) is 2. The van der Waals surface area contributed by atoms with Gasteiger partial charge in [0.25, 0.3) is 0 Å². The zero-order valence-corrected chi connectivity index (χ0v) is 17.6. The second-order valence-corrected chi connectivity index (χ2v) is 9.44. The minimum Gasteiger partial charge on any atom is -0.339 e. The number of pyridine rings is 1. The van der Waals surface area contributed by atoms with Crippen molar-refractivity contribution >= 4 is 21.9 Å². The molecule has 0 aliphatic heterocycles. The van der Waals surface area contributed by atoms with Crippen LogP contribution in [0, 0.1) is 29.3 Å². The van der Waals surface area contributed by atoms with E-state index in [1.54, 1.807) is 12.1 Å². The maximum absolute atomic E-state index is 14.2. The Morgan fingerprint density at radius 1 is 0.812 bits per heavy atom. The van der Waals surface area contributed by atoms with Crippen molar-refractivity contribution in [2.75, 3.05) is 0 Å². The van der Waals surface area contributed by atoms with Gasteiger partial charge in [0.1, 0.15) is 23.0 Å². The van der Waals surface area contributed by atoms with E-state index in [9.17, 15) is 13.2 Å². The van der Waals surface area contributed by atoms with Gasteiger partial charge in [0.2, 0.25) is 0 Å². The molecule has 1 N–H and O–H groups in total. The molecule has 0 radical (unpaired) electrons. The van der Waals surface area contributed by atoms with E-state index >= 15 is 0 Å². The van der Waals surface area contributed by atoms with Gasteiger partial charge in [-0.15, -0.1) is 0 Å². The van der Waals surface area contributed by atoms with Gasteiger partial charge in [0.15, 0.2) is 5.82 Å². The summed E-state index contributed by atoms with van der Waals surface area (Å²) >= 11 is 0. The molecule has 0 saturated heterocycles. The third kappa shape index (κ3) is 3.46. The number of H-pyrrole nitrogens is 1. The molecule has 2 saturated carbocycles. The van der Waals surface area contributed by atoms with Gasteiger partial charge < -0.3 is 4.98 Å². The Morgan fingerprint density at radius 2 is 1.56 bits per heavy atom. The summed E-state index contributed by atoms with van der Waals surface area (Å²) in [6.07, 6.45) is 8.26. The predicted molar refractivity (Wildman–Crippen MR) is 118 cm³/mol. The van der Waals surface area contributed by atoms with Crippen molar-refractivity contribution in [3.8, 4) is 0 Å². The van der Waals surface area contributed by atoms with Gasteiger partial charge in [0, 0.05) is 29.6 Å². The molecule has 0 bridgehead atoms. The van der Waals surface area contributed by atoms with Crippen molar-refractivity contribution in [1.29, 1.82) is 0 Å². The maximum atomic E-state index is 14.2. The number of hydrogen-bond acceptors (Lipinski definition) is 2. The van der Waals surface area contributed by atoms with Gasteiger partial charge in [0.05, 0.1) is 11.0 Å². The highest BCUT2D eigenvalue weighted by atomic mass is 19.1. The highest BCUT2D eigenvalue weighted by Crippen LogP contribution is 2.52. The number of nitrogens with one attached hydrogen (secondary N) is 1. The van der Waals surface area contributed by atoms with E-state index in [0.29, 0.717) is 28.8 Å². The van der Waals surface area contributed by atoms with E-state index in [2.05, 4.69) is 15.0 Å². The second kappa shape index (κ2) is 7.61. The van der Waals surface area contributed by atoms with Crippen LogP contribution in [0.4, 0.5) is 13.2 Å². The topological polar surface area (TPSA) is 41.6 Å². The van der Waals surface area contributed by atoms with E-state index in [4.69, 9.17) is 0 Å². The monoisotopic (exact) mass is 435 g/mol. The highest BCUT2D eigenvalue weighted by molar-refractivity contribution is 5.82. The van der Waals surface area contributed by atoms with Gasteiger partial charge in [-0.2, -0.15) is 0 Å². The Kier molecular flexibility index (Phi) is 4.70. The number of hydrogen-bond donors (Lipinski definition) is 1. The van der Waals surface area contributed by atoms with Crippen molar-refractivity contribution in [3.63, 3.8) is 0 Å². The molecular weight excluding hydrogens is 411 g/mol. The SMILES string of the molecule is Fc1cc(F)c2[nH]c(C(C3CC3)[C@H]3CC[C@@H](c4ccnc5ccc(F)cc54)CC3)nc2c1. The molecule has 2 aromatic carbocycles. The lowest BCUT2D eigenvalue weighted by Gasteiger charge is -2.34. The van der Waals surface area contributed by atoms with Crippen molar-refractivity contribution in [2.45, 2.75) is 50.4 Å². The minimum absolute atomic E-state index is 0.234. The summed E-state index contributed by atoms with van der Waals surface area (Å²) in [7, 11) is 0. The summed E-state index contributed by atoms with van der Waals surface area (Å²) in [5, 5.41) is 0.907. The molecule has 1 unspecified atom stereocenters. The summed E-state index contributed by atoms with van der Waals surface area (Å²) in [6, 6.07) is 9.03. The van der Waals surface area contributed by atoms with E-state index in [0.717, 1.165) is 61.3 Å². The second-order valence-electron chi connectivity index (χ2n) is 9.44. The predicted octanol–water partition coefficient (Wildman–Crippen LogP) is 7.00. The normalized spacial score (nSPS) is 22.5. The van der Waals surface area contributed by atoms with Crippen LogP contribution < -0.4 is 0 Å². The summed E-state index contributed by atoms with van der Waals surface area (Å²) in [5.74, 6) is 1.01. The van der Waals surface area contributed by atoms with Gasteiger partial charge in [-0.3, -0.25) is 4.98 Å². The summed E-state index contributed by atoms with van der Waals surface area (Å²) in [6.45, 7) is 0. The zero-order valence-electron chi connectivity index (χ0n) is 17.6. The molecule has 0 amide bonds. The first-order valence-corrected chi connectivity index (χ1v) is 11.5. The molecule has 2 heterocycles. The molecule has 6 rings (SSSR count). The summed E-state index contributed by atoms with van der Waals surface area (Å²) in [4.78, 5) is 12.2. The molecule has 2 aliphatic rings. The fourth-order valence-corrected chi connectivity index (χ4v) is 5.79. The Labute approximate surface area is 184 Å². The minimum atomic E-state index is -0.599. The van der Waals surface area contributed by atoms with Crippen LogP contribution in [0.5, 0.6) is 0 Å². The van der Waals surface area contributed by atoms with Crippen LogP contribution in [0.3, 0.4) is 0 Å². The lowest BCUT2D eigenvalue weighted by atomic mass is 9.72. The van der Waals surface area contributed by atoms with Crippen LogP contribution in [-0.2, 0) is 0 Å². The lowest BCUT2D eigenvalue weighted by molar-refractivity contribution is 0.259. The van der Waals surface area contributed by atoms with Crippen LogP contribution in [-0.4, -0.2) is 15.0 Å². The van der Waals surface area contributed by atoms with Crippen molar-refractivity contribution in [1.82, 2.24) is 15.0 Å². The van der Waals surface area contributed by atoms with Crippen LogP contribution in [0.15, 0.2) is 42.6 Å². The lowest BCUT2D eigenvalue weighted by Crippen LogP contribution is -2.22. The Morgan fingerprint density at radius 3 is 2.31 bits per heavy atom. The number of imidazole rings is 1. The van der Waals surface area contributed by atoms with Crippen LogP contribution in [0.1, 0.15) is 61.7 Å². The van der Waals surface area contributed by atoms with Gasteiger partial charge >= 0.3 is 0 Å². The van der Waals surface area contributed by atoms with E-state index in [1.165, 1.54) is 17.7 Å². The number of rotatable bonds is 4. The third-order valence-corrected chi connectivity index (χ3v) is 7.43. The number of benzene rings is 2. The van der Waals surface area contributed by atoms with E-state index in [1.807, 2.05) is 12.3 Å². The Bertz CT molecular complexity index is 1300. The van der Waals surface area contributed by atoms with E-state index in [-0.39, 0.29) is 11.7 Å². The average Bonchev–Trinajstić information content (AvgIpc) is 3.52. The average molecular weight is 435 g/mol. The van der Waals surface area contributed by atoms with Crippen molar-refractivity contribution in [3.05, 3.63) is 71.4 Å². The number of aromatic amines is 1. The van der Waals surface area contributed by atoms with Gasteiger partial charge in [-0.25, -0.2) is 18.2 Å². The van der Waals surface area contributed by atoms with Crippen LogP contribution in [0.25, 0.3) is 21.9 Å². The first kappa shape index (κ1) is 19.8. The first-order valence-electron chi connectivity index (χ1n) is 11.5. The molecule has 2 aromatic heterocycles. The zero-order chi connectivity index (χ0) is 21.8. The molecule has 164 valence electrons. The van der Waals surface area contributed by atoms with Crippen molar-refractivity contribution in [2.24, 2.45) is 11.8 Å². The maximum Gasteiger partial charge on any atom is 0.151 e. The van der Waals surface area contributed by atoms with Gasteiger partial charge in [-0.05, 0) is 86.1 Å². The molecule has 2 fully saturated rings. The highest BCUT2D eigenvalue weighted by Gasteiger charge is 2.41. The number of halogens is 3. The van der Waals surface area contributed by atoms with Crippen LogP contribution >= 0.6 is 0 Å². The smallest absolute Gasteiger partial charge is 0.151 e. The largest absolute Gasteiger partial charge is 0.339 e. The molecule has 0 spiro atoms. The Hall–Kier alpha value is -2.89. The number of aromatic nitrogens is 3. The molecule has 1 atom stereocenters. The van der Waals surface area contributed by atoms with Crippen LogP contribution in [0.2, 0.25) is 0 Å². The first-order chi connectivity index (χ1) is 15.6. The molecule has 4 aromatic rings. The van der Waals surface area contributed by atoms with E-state index < -0.39 is 11.6 Å². The molecule has 6 heteroatoms. The standard InChI is InChI=1S/C26H24F3N3/c27-17-7-8-22-20(11-17)19(9-10-30-22)14-1-3-15(4-2-14)24(16-5-6-16)26-31-23-13-18(28)12-21(29)25(23)32-26/h7-16,24H,1-6H2,(H,31,32)/t14-,15+,24?. The van der Waals surface area contributed by atoms with Crippen molar-refractivity contribution < 1.29 is 13.2 Å². The summed E-state index contributed by atoms with van der Waals surface area (Å²) in [5.41, 5.74) is 2.67. The Balaban J connectivity index is 1.26. The molecule has 2 aliphatic carbocycles. The quantitative estimate of drug-likeness (QED) is 0.375. The fraction of sp³-hybridized carbons (Fsp3) is 0.385. The molecular formula is C26H24F3N3. The molecule has 32 heavy (non-hydrogen) atoms. The summed E-state index contributed by atoms with van der Waals surface area (Å²) < 4.78 is 41.8.